The van der Waals surface area contributed by atoms with Gasteiger partial charge in [0, 0.05) is 18.2 Å². The predicted molar refractivity (Wildman–Crippen MR) is 71.5 cm³/mol. The highest BCUT2D eigenvalue weighted by molar-refractivity contribution is 5.78. The second kappa shape index (κ2) is 6.20. The normalized spacial score (nSPS) is 22.7. The lowest BCUT2D eigenvalue weighted by atomic mass is 9.97. The molecule has 0 saturated carbocycles. The van der Waals surface area contributed by atoms with E-state index in [1.165, 1.54) is 6.07 Å². The van der Waals surface area contributed by atoms with E-state index in [2.05, 4.69) is 0 Å². The molecule has 0 aromatic heterocycles. The minimum absolute atomic E-state index is 0.116. The van der Waals surface area contributed by atoms with Crippen molar-refractivity contribution in [2.24, 2.45) is 0 Å². The van der Waals surface area contributed by atoms with E-state index in [1.54, 1.807) is 0 Å². The SMILES string of the molecule is CC1CCCC(C)N1C(=O)COc1ccc(F)c(F)c1. The Hall–Kier alpha value is -1.65. The van der Waals surface area contributed by atoms with Gasteiger partial charge in [0.2, 0.25) is 0 Å². The van der Waals surface area contributed by atoms with Crippen LogP contribution < -0.4 is 4.74 Å². The number of nitrogens with zero attached hydrogens (tertiary/aromatic N) is 1. The summed E-state index contributed by atoms with van der Waals surface area (Å²) in [5.41, 5.74) is 0. The summed E-state index contributed by atoms with van der Waals surface area (Å²) in [4.78, 5) is 14.0. The first-order valence-corrected chi connectivity index (χ1v) is 6.88. The fourth-order valence-corrected chi connectivity index (χ4v) is 2.70. The molecule has 2 rings (SSSR count). The summed E-state index contributed by atoms with van der Waals surface area (Å²) in [7, 11) is 0. The molecule has 1 aromatic carbocycles. The molecule has 1 aliphatic rings. The molecule has 1 amide bonds. The molecule has 20 heavy (non-hydrogen) atoms. The zero-order chi connectivity index (χ0) is 14.7. The third-order valence-electron chi connectivity index (χ3n) is 3.73. The lowest BCUT2D eigenvalue weighted by Gasteiger charge is -2.38. The third kappa shape index (κ3) is 3.26. The van der Waals surface area contributed by atoms with E-state index in [9.17, 15) is 13.6 Å². The number of likely N-dealkylation sites (tertiary alicyclic amines) is 1. The largest absolute Gasteiger partial charge is 0.484 e. The summed E-state index contributed by atoms with van der Waals surface area (Å²) in [5.74, 6) is -1.86. The minimum Gasteiger partial charge on any atom is -0.484 e. The van der Waals surface area contributed by atoms with Gasteiger partial charge in [-0.15, -0.1) is 0 Å². The Morgan fingerprint density at radius 1 is 1.25 bits per heavy atom. The van der Waals surface area contributed by atoms with E-state index in [-0.39, 0.29) is 30.3 Å². The monoisotopic (exact) mass is 283 g/mol. The van der Waals surface area contributed by atoms with E-state index < -0.39 is 11.6 Å². The summed E-state index contributed by atoms with van der Waals surface area (Å²) >= 11 is 0. The van der Waals surface area contributed by atoms with Gasteiger partial charge in [-0.25, -0.2) is 8.78 Å². The number of hydrogen-bond acceptors (Lipinski definition) is 2. The Balaban J connectivity index is 1.95. The molecule has 1 aliphatic heterocycles. The van der Waals surface area contributed by atoms with E-state index in [4.69, 9.17) is 4.74 Å². The van der Waals surface area contributed by atoms with Gasteiger partial charge in [-0.2, -0.15) is 0 Å². The Morgan fingerprint density at radius 3 is 2.50 bits per heavy atom. The number of amides is 1. The summed E-state index contributed by atoms with van der Waals surface area (Å²) < 4.78 is 31.1. The molecule has 5 heteroatoms. The molecular weight excluding hydrogens is 264 g/mol. The first kappa shape index (κ1) is 14.8. The van der Waals surface area contributed by atoms with Gasteiger partial charge in [0.25, 0.3) is 5.91 Å². The lowest BCUT2D eigenvalue weighted by Crippen LogP contribution is -2.49. The van der Waals surface area contributed by atoms with Crippen molar-refractivity contribution in [2.45, 2.75) is 45.2 Å². The molecule has 0 radical (unpaired) electrons. The number of carbonyl (C=O) groups excluding carboxylic acids is 1. The van der Waals surface area contributed by atoms with Gasteiger partial charge in [-0.3, -0.25) is 4.79 Å². The van der Waals surface area contributed by atoms with Crippen LogP contribution >= 0.6 is 0 Å². The maximum absolute atomic E-state index is 13.0. The third-order valence-corrected chi connectivity index (χ3v) is 3.73. The fraction of sp³-hybridized carbons (Fsp3) is 0.533. The van der Waals surface area contributed by atoms with Crippen LogP contribution in [-0.2, 0) is 4.79 Å². The van der Waals surface area contributed by atoms with Gasteiger partial charge in [-0.05, 0) is 45.2 Å². The number of benzene rings is 1. The summed E-state index contributed by atoms with van der Waals surface area (Å²) in [6.45, 7) is 3.88. The minimum atomic E-state index is -0.977. The molecule has 1 saturated heterocycles. The van der Waals surface area contributed by atoms with Crippen LogP contribution in [0.1, 0.15) is 33.1 Å². The van der Waals surface area contributed by atoms with E-state index in [0.717, 1.165) is 31.4 Å². The first-order valence-electron chi connectivity index (χ1n) is 6.88. The zero-order valence-corrected chi connectivity index (χ0v) is 11.7. The molecule has 110 valence electrons. The number of rotatable bonds is 3. The molecular formula is C15H19F2NO2. The fourth-order valence-electron chi connectivity index (χ4n) is 2.70. The molecule has 0 spiro atoms. The van der Waals surface area contributed by atoms with Crippen LogP contribution in [0.25, 0.3) is 0 Å². The molecule has 1 heterocycles. The maximum Gasteiger partial charge on any atom is 0.260 e. The van der Waals surface area contributed by atoms with Gasteiger partial charge in [0.15, 0.2) is 18.2 Å². The number of piperidine rings is 1. The Bertz CT molecular complexity index is 483. The topological polar surface area (TPSA) is 29.5 Å². The van der Waals surface area contributed by atoms with Crippen molar-refractivity contribution in [3.05, 3.63) is 29.8 Å². The maximum atomic E-state index is 13.0. The smallest absolute Gasteiger partial charge is 0.260 e. The highest BCUT2D eigenvalue weighted by Gasteiger charge is 2.28. The highest BCUT2D eigenvalue weighted by atomic mass is 19.2. The van der Waals surface area contributed by atoms with Crippen molar-refractivity contribution in [1.29, 1.82) is 0 Å². The number of carbonyl (C=O) groups is 1. The average molecular weight is 283 g/mol. The van der Waals surface area contributed by atoms with Crippen molar-refractivity contribution in [2.75, 3.05) is 6.61 Å². The number of halogens is 2. The molecule has 2 atom stereocenters. The summed E-state index contributed by atoms with van der Waals surface area (Å²) in [5, 5.41) is 0. The van der Waals surface area contributed by atoms with Crippen molar-refractivity contribution in [1.82, 2.24) is 4.90 Å². The van der Waals surface area contributed by atoms with Gasteiger partial charge >= 0.3 is 0 Å². The second-order valence-electron chi connectivity index (χ2n) is 5.29. The second-order valence-corrected chi connectivity index (χ2v) is 5.29. The molecule has 2 unspecified atom stereocenters. The van der Waals surface area contributed by atoms with Crippen LogP contribution in [0.3, 0.4) is 0 Å². The van der Waals surface area contributed by atoms with Crippen LogP contribution in [-0.4, -0.2) is 29.5 Å². The van der Waals surface area contributed by atoms with Crippen molar-refractivity contribution >= 4 is 5.91 Å². The zero-order valence-electron chi connectivity index (χ0n) is 11.7. The van der Waals surface area contributed by atoms with Crippen LogP contribution in [0.4, 0.5) is 8.78 Å². The standard InChI is InChI=1S/C15H19F2NO2/c1-10-4-3-5-11(2)18(10)15(19)9-20-12-6-7-13(16)14(17)8-12/h6-8,10-11H,3-5,9H2,1-2H3. The molecule has 3 nitrogen and oxygen atoms in total. The Labute approximate surface area is 117 Å². The van der Waals surface area contributed by atoms with Crippen LogP contribution in [0.5, 0.6) is 5.75 Å². The quantitative estimate of drug-likeness (QED) is 0.853. The van der Waals surface area contributed by atoms with Crippen LogP contribution in [0.2, 0.25) is 0 Å². The molecule has 0 bridgehead atoms. The van der Waals surface area contributed by atoms with Gasteiger partial charge in [0.1, 0.15) is 5.75 Å². The molecule has 1 fully saturated rings. The average Bonchev–Trinajstić information content (AvgIpc) is 2.40. The Kier molecular flexibility index (Phi) is 4.57. The molecule has 0 aliphatic carbocycles. The van der Waals surface area contributed by atoms with Crippen molar-refractivity contribution in [3.63, 3.8) is 0 Å². The summed E-state index contributed by atoms with van der Waals surface area (Å²) in [6.07, 6.45) is 3.10. The molecule has 0 N–H and O–H groups in total. The van der Waals surface area contributed by atoms with Gasteiger partial charge in [0.05, 0.1) is 0 Å². The van der Waals surface area contributed by atoms with E-state index in [0.29, 0.717) is 0 Å². The van der Waals surface area contributed by atoms with Crippen LogP contribution in [0.15, 0.2) is 18.2 Å². The predicted octanol–water partition coefficient (Wildman–Crippen LogP) is 3.13. The number of hydrogen-bond donors (Lipinski definition) is 0. The van der Waals surface area contributed by atoms with Crippen molar-refractivity contribution in [3.8, 4) is 5.75 Å². The number of ether oxygens (including phenoxy) is 1. The molecule has 1 aromatic rings. The Morgan fingerprint density at radius 2 is 1.90 bits per heavy atom. The van der Waals surface area contributed by atoms with Gasteiger partial charge < -0.3 is 9.64 Å². The van der Waals surface area contributed by atoms with Crippen molar-refractivity contribution < 1.29 is 18.3 Å². The lowest BCUT2D eigenvalue weighted by molar-refractivity contribution is -0.139. The first-order chi connectivity index (χ1) is 9.49. The van der Waals surface area contributed by atoms with E-state index in [1.807, 2.05) is 18.7 Å². The van der Waals surface area contributed by atoms with E-state index >= 15 is 0 Å². The van der Waals surface area contributed by atoms with Gasteiger partial charge in [-0.1, -0.05) is 0 Å². The van der Waals surface area contributed by atoms with Crippen LogP contribution in [0, 0.1) is 11.6 Å². The summed E-state index contributed by atoms with van der Waals surface area (Å²) in [6, 6.07) is 3.64. The highest BCUT2D eigenvalue weighted by Crippen LogP contribution is 2.23.